The van der Waals surface area contributed by atoms with Crippen molar-refractivity contribution in [3.05, 3.63) is 24.3 Å². The Hall–Kier alpha value is -1.83. The number of morpholine rings is 1. The van der Waals surface area contributed by atoms with E-state index in [0.717, 1.165) is 58.2 Å². The standard InChI is InChI=1S/C20H32N4O3/c1-20(2,24-11-13-27-14-12-24)16-21-19(26)15-22-7-9-23(10-8-22)17-3-5-18(25)6-4-17/h3-6,25H,7-16H2,1-2H3,(H,21,26)/p+2. The Labute approximate surface area is 161 Å². The summed E-state index contributed by atoms with van der Waals surface area (Å²) in [5.74, 6) is 0.435. The predicted molar refractivity (Wildman–Crippen MR) is 104 cm³/mol. The summed E-state index contributed by atoms with van der Waals surface area (Å²) in [5, 5.41) is 12.6. The van der Waals surface area contributed by atoms with Gasteiger partial charge in [-0.2, -0.15) is 0 Å². The van der Waals surface area contributed by atoms with E-state index in [1.54, 1.807) is 12.1 Å². The Morgan fingerprint density at radius 1 is 1.15 bits per heavy atom. The molecular weight excluding hydrogens is 344 g/mol. The fraction of sp³-hybridized carbons (Fsp3) is 0.650. The number of ether oxygens (including phenoxy) is 1. The molecule has 0 saturated carbocycles. The minimum absolute atomic E-state index is 0.0341. The van der Waals surface area contributed by atoms with Crippen molar-refractivity contribution in [1.29, 1.82) is 0 Å². The quantitative estimate of drug-likeness (QED) is 0.458. The maximum Gasteiger partial charge on any atom is 0.275 e. The van der Waals surface area contributed by atoms with Gasteiger partial charge in [0.25, 0.3) is 5.91 Å². The number of hydrogen-bond acceptors (Lipinski definition) is 4. The Kier molecular flexibility index (Phi) is 6.57. The van der Waals surface area contributed by atoms with Gasteiger partial charge in [-0.1, -0.05) is 0 Å². The van der Waals surface area contributed by atoms with Gasteiger partial charge >= 0.3 is 0 Å². The van der Waals surface area contributed by atoms with Gasteiger partial charge < -0.3 is 29.9 Å². The average molecular weight is 379 g/mol. The van der Waals surface area contributed by atoms with Crippen LogP contribution in [0.1, 0.15) is 13.8 Å². The van der Waals surface area contributed by atoms with Crippen molar-refractivity contribution in [3.63, 3.8) is 0 Å². The minimum atomic E-state index is 0.0341. The van der Waals surface area contributed by atoms with Crippen LogP contribution in [0.3, 0.4) is 0 Å². The molecule has 0 spiro atoms. The number of quaternary nitrogens is 2. The van der Waals surface area contributed by atoms with Crippen LogP contribution in [0.4, 0.5) is 5.69 Å². The summed E-state index contributed by atoms with van der Waals surface area (Å²) in [6.07, 6.45) is 0. The van der Waals surface area contributed by atoms with Crippen LogP contribution in [0, 0.1) is 0 Å². The number of carbonyl (C=O) groups excluding carboxylic acids is 1. The molecule has 2 aliphatic heterocycles. The number of benzene rings is 1. The van der Waals surface area contributed by atoms with Gasteiger partial charge in [-0.05, 0) is 38.1 Å². The van der Waals surface area contributed by atoms with Crippen LogP contribution in [0.5, 0.6) is 5.75 Å². The number of nitrogens with zero attached hydrogens (tertiary/aromatic N) is 1. The highest BCUT2D eigenvalue weighted by Gasteiger charge is 2.33. The first-order valence-electron chi connectivity index (χ1n) is 10.0. The first-order chi connectivity index (χ1) is 12.9. The fourth-order valence-corrected chi connectivity index (χ4v) is 3.95. The molecule has 4 N–H and O–H groups in total. The summed E-state index contributed by atoms with van der Waals surface area (Å²) in [4.78, 5) is 17.6. The third-order valence-corrected chi connectivity index (χ3v) is 5.88. The molecular formula is C20H34N4O3+2. The van der Waals surface area contributed by atoms with Gasteiger partial charge in [-0.25, -0.2) is 0 Å². The maximum absolute atomic E-state index is 12.4. The SMILES string of the molecule is CC(C)(CNC(=O)C[NH+]1CCN(c2ccc(O)cc2)CC1)[NH+]1CCOCC1. The molecule has 0 atom stereocenters. The highest BCUT2D eigenvalue weighted by Crippen LogP contribution is 2.18. The summed E-state index contributed by atoms with van der Waals surface area (Å²) in [6, 6.07) is 7.34. The van der Waals surface area contributed by atoms with Gasteiger partial charge in [0.1, 0.15) is 24.4 Å². The number of rotatable bonds is 6. The highest BCUT2D eigenvalue weighted by molar-refractivity contribution is 5.76. The van der Waals surface area contributed by atoms with Crippen LogP contribution < -0.4 is 20.0 Å². The van der Waals surface area contributed by atoms with Crippen LogP contribution in [0.25, 0.3) is 0 Å². The fourth-order valence-electron chi connectivity index (χ4n) is 3.95. The lowest BCUT2D eigenvalue weighted by molar-refractivity contribution is -0.954. The van der Waals surface area contributed by atoms with Gasteiger partial charge in [0.05, 0.1) is 45.9 Å². The molecule has 2 heterocycles. The molecule has 0 bridgehead atoms. The number of phenolic OH excluding ortho intramolecular Hbond substituents is 1. The molecule has 27 heavy (non-hydrogen) atoms. The predicted octanol–water partition coefficient (Wildman–Crippen LogP) is -2.09. The summed E-state index contributed by atoms with van der Waals surface area (Å²) in [5.41, 5.74) is 1.17. The number of nitrogens with one attached hydrogen (secondary N) is 3. The van der Waals surface area contributed by atoms with Gasteiger partial charge in [0, 0.05) is 5.69 Å². The molecule has 2 fully saturated rings. The number of amides is 1. The monoisotopic (exact) mass is 378 g/mol. The second-order valence-corrected chi connectivity index (χ2v) is 8.31. The average Bonchev–Trinajstić information content (AvgIpc) is 2.68. The molecule has 0 aromatic heterocycles. The second kappa shape index (κ2) is 8.91. The second-order valence-electron chi connectivity index (χ2n) is 8.31. The summed E-state index contributed by atoms with van der Waals surface area (Å²) in [7, 11) is 0. The van der Waals surface area contributed by atoms with Gasteiger partial charge in [-0.15, -0.1) is 0 Å². The van der Waals surface area contributed by atoms with Crippen LogP contribution in [0.2, 0.25) is 0 Å². The Morgan fingerprint density at radius 2 is 1.78 bits per heavy atom. The van der Waals surface area contributed by atoms with Gasteiger partial charge in [0.2, 0.25) is 0 Å². The Bertz CT molecular complexity index is 606. The molecule has 3 rings (SSSR count). The number of carbonyl (C=O) groups is 1. The Morgan fingerprint density at radius 3 is 2.41 bits per heavy atom. The lowest BCUT2D eigenvalue weighted by Crippen LogP contribution is -3.22. The molecule has 2 saturated heterocycles. The third kappa shape index (κ3) is 5.57. The van der Waals surface area contributed by atoms with Crippen LogP contribution in [-0.4, -0.2) is 82.1 Å². The normalized spacial score (nSPS) is 19.9. The summed E-state index contributed by atoms with van der Waals surface area (Å²) in [6.45, 7) is 13.1. The molecule has 1 aromatic carbocycles. The first-order valence-corrected chi connectivity index (χ1v) is 10.0. The number of phenols is 1. The van der Waals surface area contributed by atoms with E-state index < -0.39 is 0 Å². The number of piperazine rings is 1. The lowest BCUT2D eigenvalue weighted by Gasteiger charge is -2.38. The molecule has 0 radical (unpaired) electrons. The topological polar surface area (TPSA) is 70.7 Å². The van der Waals surface area contributed by atoms with Crippen molar-refractivity contribution in [3.8, 4) is 5.75 Å². The molecule has 1 aromatic rings. The lowest BCUT2D eigenvalue weighted by atomic mass is 10.0. The van der Waals surface area contributed by atoms with Crippen LogP contribution >= 0.6 is 0 Å². The molecule has 150 valence electrons. The van der Waals surface area contributed by atoms with E-state index in [-0.39, 0.29) is 11.4 Å². The molecule has 1 amide bonds. The molecule has 2 aliphatic rings. The van der Waals surface area contributed by atoms with Crippen molar-refractivity contribution in [2.24, 2.45) is 0 Å². The van der Waals surface area contributed by atoms with Gasteiger partial charge in [-0.3, -0.25) is 4.79 Å². The summed E-state index contributed by atoms with van der Waals surface area (Å²) < 4.78 is 5.44. The van der Waals surface area contributed by atoms with E-state index in [4.69, 9.17) is 4.74 Å². The molecule has 7 heteroatoms. The van der Waals surface area contributed by atoms with Crippen molar-refractivity contribution in [2.45, 2.75) is 19.4 Å². The van der Waals surface area contributed by atoms with Crippen LogP contribution in [0.15, 0.2) is 24.3 Å². The zero-order valence-electron chi connectivity index (χ0n) is 16.6. The van der Waals surface area contributed by atoms with E-state index in [1.807, 2.05) is 12.1 Å². The van der Waals surface area contributed by atoms with E-state index in [2.05, 4.69) is 24.1 Å². The van der Waals surface area contributed by atoms with Crippen molar-refractivity contribution >= 4 is 11.6 Å². The van der Waals surface area contributed by atoms with E-state index in [9.17, 15) is 9.90 Å². The Balaban J connectivity index is 1.39. The molecule has 0 unspecified atom stereocenters. The zero-order chi connectivity index (χ0) is 19.3. The molecule has 0 aliphatic carbocycles. The van der Waals surface area contributed by atoms with Crippen molar-refractivity contribution in [1.82, 2.24) is 5.32 Å². The maximum atomic E-state index is 12.4. The van der Waals surface area contributed by atoms with Crippen LogP contribution in [-0.2, 0) is 9.53 Å². The van der Waals surface area contributed by atoms with Crippen molar-refractivity contribution in [2.75, 3.05) is 70.5 Å². The third-order valence-electron chi connectivity index (χ3n) is 5.88. The van der Waals surface area contributed by atoms with E-state index in [1.165, 1.54) is 9.80 Å². The number of anilines is 1. The van der Waals surface area contributed by atoms with Gasteiger partial charge in [0.15, 0.2) is 6.54 Å². The first kappa shape index (κ1) is 19.9. The van der Waals surface area contributed by atoms with E-state index in [0.29, 0.717) is 18.8 Å². The number of aromatic hydroxyl groups is 1. The van der Waals surface area contributed by atoms with E-state index >= 15 is 0 Å². The summed E-state index contributed by atoms with van der Waals surface area (Å²) >= 11 is 0. The number of hydrogen-bond donors (Lipinski definition) is 4. The largest absolute Gasteiger partial charge is 0.508 e. The minimum Gasteiger partial charge on any atom is -0.508 e. The van der Waals surface area contributed by atoms with Crippen molar-refractivity contribution < 1.29 is 24.4 Å². The molecule has 7 nitrogen and oxygen atoms in total. The smallest absolute Gasteiger partial charge is 0.275 e. The highest BCUT2D eigenvalue weighted by atomic mass is 16.5. The zero-order valence-corrected chi connectivity index (χ0v) is 16.6.